The minimum Gasteiger partial charge on any atom is -0.481 e. The van der Waals surface area contributed by atoms with Crippen molar-refractivity contribution in [1.82, 2.24) is 4.98 Å². The number of methoxy groups -OCH3 is 2. The molecule has 0 saturated heterocycles. The first-order chi connectivity index (χ1) is 7.22. The van der Waals surface area contributed by atoms with Crippen LogP contribution in [-0.4, -0.2) is 25.2 Å². The molecule has 1 atom stereocenters. The van der Waals surface area contributed by atoms with Gasteiger partial charge in [-0.05, 0) is 18.1 Å². The molecule has 1 unspecified atom stereocenters. The molecule has 0 aliphatic heterocycles. The largest absolute Gasteiger partial charge is 0.481 e. The highest BCUT2D eigenvalue weighted by Gasteiger charge is 2.19. The zero-order valence-corrected chi connectivity index (χ0v) is 9.19. The van der Waals surface area contributed by atoms with Gasteiger partial charge in [-0.15, -0.1) is 0 Å². The average Bonchev–Trinajstić information content (AvgIpc) is 2.30. The lowest BCUT2D eigenvalue weighted by Gasteiger charge is -2.12. The molecular formula is C11H15NO3. The highest BCUT2D eigenvalue weighted by atomic mass is 16.5. The molecule has 15 heavy (non-hydrogen) atoms. The van der Waals surface area contributed by atoms with E-state index in [1.807, 2.05) is 6.92 Å². The molecule has 1 aromatic heterocycles. The molecule has 0 saturated carbocycles. The number of esters is 1. The van der Waals surface area contributed by atoms with E-state index in [-0.39, 0.29) is 11.9 Å². The molecule has 0 aliphatic carbocycles. The van der Waals surface area contributed by atoms with Gasteiger partial charge in [0, 0.05) is 12.3 Å². The summed E-state index contributed by atoms with van der Waals surface area (Å²) < 4.78 is 9.73. The maximum Gasteiger partial charge on any atom is 0.313 e. The van der Waals surface area contributed by atoms with Gasteiger partial charge in [0.1, 0.15) is 0 Å². The SMILES string of the molecule is CCC(C(=O)OC)c1ccnc(OC)c1. The van der Waals surface area contributed by atoms with E-state index in [1.54, 1.807) is 25.4 Å². The van der Waals surface area contributed by atoms with Gasteiger partial charge in [-0.25, -0.2) is 4.98 Å². The number of hydrogen-bond acceptors (Lipinski definition) is 4. The van der Waals surface area contributed by atoms with E-state index in [9.17, 15) is 4.79 Å². The smallest absolute Gasteiger partial charge is 0.313 e. The van der Waals surface area contributed by atoms with Crippen LogP contribution in [0.1, 0.15) is 24.8 Å². The van der Waals surface area contributed by atoms with E-state index in [0.29, 0.717) is 12.3 Å². The first-order valence-corrected chi connectivity index (χ1v) is 4.80. The minimum atomic E-state index is -0.244. The van der Waals surface area contributed by atoms with Gasteiger partial charge < -0.3 is 9.47 Å². The van der Waals surface area contributed by atoms with E-state index in [4.69, 9.17) is 9.47 Å². The molecule has 0 fully saturated rings. The molecule has 0 bridgehead atoms. The van der Waals surface area contributed by atoms with Crippen LogP contribution >= 0.6 is 0 Å². The minimum absolute atomic E-state index is 0.231. The summed E-state index contributed by atoms with van der Waals surface area (Å²) in [5, 5.41) is 0. The Labute approximate surface area is 89.2 Å². The Morgan fingerprint density at radius 2 is 2.27 bits per heavy atom. The number of rotatable bonds is 4. The van der Waals surface area contributed by atoms with Crippen molar-refractivity contribution < 1.29 is 14.3 Å². The van der Waals surface area contributed by atoms with Crippen LogP contribution in [-0.2, 0) is 9.53 Å². The van der Waals surface area contributed by atoms with E-state index in [2.05, 4.69) is 4.98 Å². The Kier molecular flexibility index (Phi) is 4.09. The van der Waals surface area contributed by atoms with Gasteiger partial charge in [0.05, 0.1) is 20.1 Å². The number of ether oxygens (including phenoxy) is 2. The zero-order valence-electron chi connectivity index (χ0n) is 9.19. The van der Waals surface area contributed by atoms with E-state index in [0.717, 1.165) is 5.56 Å². The second kappa shape index (κ2) is 5.34. The summed E-state index contributed by atoms with van der Waals surface area (Å²) in [6.45, 7) is 1.94. The summed E-state index contributed by atoms with van der Waals surface area (Å²) in [6.07, 6.45) is 2.32. The van der Waals surface area contributed by atoms with Crippen LogP contribution in [0.25, 0.3) is 0 Å². The molecular weight excluding hydrogens is 194 g/mol. The Morgan fingerprint density at radius 1 is 1.53 bits per heavy atom. The highest BCUT2D eigenvalue weighted by Crippen LogP contribution is 2.22. The van der Waals surface area contributed by atoms with Crippen LogP contribution in [0, 0.1) is 0 Å². The van der Waals surface area contributed by atoms with Gasteiger partial charge in [0.15, 0.2) is 0 Å². The molecule has 1 aromatic rings. The average molecular weight is 209 g/mol. The molecule has 0 amide bonds. The summed E-state index contributed by atoms with van der Waals surface area (Å²) in [5.74, 6) is 0.0347. The van der Waals surface area contributed by atoms with Gasteiger partial charge in [-0.3, -0.25) is 4.79 Å². The fourth-order valence-corrected chi connectivity index (χ4v) is 1.43. The van der Waals surface area contributed by atoms with E-state index >= 15 is 0 Å². The fourth-order valence-electron chi connectivity index (χ4n) is 1.43. The van der Waals surface area contributed by atoms with Crippen LogP contribution in [0.15, 0.2) is 18.3 Å². The Balaban J connectivity index is 2.96. The number of nitrogens with zero attached hydrogens (tertiary/aromatic N) is 1. The molecule has 0 N–H and O–H groups in total. The van der Waals surface area contributed by atoms with Crippen molar-refractivity contribution >= 4 is 5.97 Å². The van der Waals surface area contributed by atoms with Crippen molar-refractivity contribution in [1.29, 1.82) is 0 Å². The van der Waals surface area contributed by atoms with Crippen molar-refractivity contribution in [2.24, 2.45) is 0 Å². The molecule has 1 rings (SSSR count). The van der Waals surface area contributed by atoms with Crippen molar-refractivity contribution in [2.45, 2.75) is 19.3 Å². The fraction of sp³-hybridized carbons (Fsp3) is 0.455. The molecule has 0 spiro atoms. The van der Waals surface area contributed by atoms with Gasteiger partial charge >= 0.3 is 5.97 Å². The summed E-state index contributed by atoms with van der Waals surface area (Å²) >= 11 is 0. The molecule has 4 nitrogen and oxygen atoms in total. The normalized spacial score (nSPS) is 11.9. The summed E-state index contributed by atoms with van der Waals surface area (Å²) in [6, 6.07) is 3.55. The Bertz CT molecular complexity index is 338. The van der Waals surface area contributed by atoms with Crippen molar-refractivity contribution in [3.63, 3.8) is 0 Å². The van der Waals surface area contributed by atoms with Gasteiger partial charge in [-0.2, -0.15) is 0 Å². The van der Waals surface area contributed by atoms with Gasteiger partial charge in [-0.1, -0.05) is 6.92 Å². The second-order valence-corrected chi connectivity index (χ2v) is 3.12. The number of hydrogen-bond donors (Lipinski definition) is 0. The Hall–Kier alpha value is -1.58. The van der Waals surface area contributed by atoms with Crippen LogP contribution in [0.5, 0.6) is 5.88 Å². The lowest BCUT2D eigenvalue weighted by Crippen LogP contribution is -2.13. The van der Waals surface area contributed by atoms with Gasteiger partial charge in [0.2, 0.25) is 5.88 Å². The first kappa shape index (κ1) is 11.5. The predicted octanol–water partition coefficient (Wildman–Crippen LogP) is 1.76. The lowest BCUT2D eigenvalue weighted by atomic mass is 9.98. The summed E-state index contributed by atoms with van der Waals surface area (Å²) in [7, 11) is 2.94. The maximum absolute atomic E-state index is 11.5. The zero-order chi connectivity index (χ0) is 11.3. The molecule has 0 radical (unpaired) electrons. The summed E-state index contributed by atoms with van der Waals surface area (Å²) in [4.78, 5) is 15.4. The number of aromatic nitrogens is 1. The van der Waals surface area contributed by atoms with Crippen LogP contribution in [0.3, 0.4) is 0 Å². The number of pyridine rings is 1. The van der Waals surface area contributed by atoms with Crippen molar-refractivity contribution in [2.75, 3.05) is 14.2 Å². The third-order valence-electron chi connectivity index (χ3n) is 2.26. The summed E-state index contributed by atoms with van der Waals surface area (Å²) in [5.41, 5.74) is 0.871. The van der Waals surface area contributed by atoms with Crippen molar-refractivity contribution in [3.05, 3.63) is 23.9 Å². The topological polar surface area (TPSA) is 48.4 Å². The quantitative estimate of drug-likeness (QED) is 0.709. The van der Waals surface area contributed by atoms with Crippen LogP contribution in [0.4, 0.5) is 0 Å². The van der Waals surface area contributed by atoms with E-state index in [1.165, 1.54) is 7.11 Å². The Morgan fingerprint density at radius 3 is 2.80 bits per heavy atom. The van der Waals surface area contributed by atoms with Crippen LogP contribution in [0.2, 0.25) is 0 Å². The molecule has 82 valence electrons. The predicted molar refractivity (Wildman–Crippen MR) is 55.8 cm³/mol. The van der Waals surface area contributed by atoms with Crippen molar-refractivity contribution in [3.8, 4) is 5.88 Å². The second-order valence-electron chi connectivity index (χ2n) is 3.12. The highest BCUT2D eigenvalue weighted by molar-refractivity contribution is 5.78. The molecule has 0 aromatic carbocycles. The lowest BCUT2D eigenvalue weighted by molar-refractivity contribution is -0.142. The third-order valence-corrected chi connectivity index (χ3v) is 2.26. The standard InChI is InChI=1S/C11H15NO3/c1-4-9(11(13)15-3)8-5-6-12-10(7-8)14-2/h5-7,9H,4H2,1-3H3. The van der Waals surface area contributed by atoms with E-state index < -0.39 is 0 Å². The number of carbonyl (C=O) groups excluding carboxylic acids is 1. The monoisotopic (exact) mass is 209 g/mol. The number of carbonyl (C=O) groups is 1. The maximum atomic E-state index is 11.5. The molecule has 1 heterocycles. The third kappa shape index (κ3) is 2.68. The van der Waals surface area contributed by atoms with Gasteiger partial charge in [0.25, 0.3) is 0 Å². The van der Waals surface area contributed by atoms with Crippen LogP contribution < -0.4 is 4.74 Å². The first-order valence-electron chi connectivity index (χ1n) is 4.80. The molecule has 4 heteroatoms. The molecule has 0 aliphatic rings.